The summed E-state index contributed by atoms with van der Waals surface area (Å²) in [5, 5.41) is 8.08. The molecule has 1 fully saturated rings. The molecule has 1 amide bonds. The van der Waals surface area contributed by atoms with Gasteiger partial charge in [0, 0.05) is 30.8 Å². The van der Waals surface area contributed by atoms with Crippen molar-refractivity contribution in [1.82, 2.24) is 19.5 Å². The highest BCUT2D eigenvalue weighted by Gasteiger charge is 2.32. The Bertz CT molecular complexity index is 1160. The molecule has 1 saturated heterocycles. The van der Waals surface area contributed by atoms with Gasteiger partial charge in [0.25, 0.3) is 5.91 Å². The average molecular weight is 446 g/mol. The number of benzene rings is 1. The van der Waals surface area contributed by atoms with Crippen LogP contribution in [0.5, 0.6) is 5.75 Å². The molecule has 0 N–H and O–H groups in total. The lowest BCUT2D eigenvalue weighted by Gasteiger charge is -2.32. The zero-order chi connectivity index (χ0) is 22.9. The molecule has 1 atom stereocenters. The standard InChI is InChI=1S/C22H21F3N4O3/c1-14(30)15-4-2-6-18(10-15)32-13-20(31)28-9-3-5-16(11-28)21-27-26-19-8-7-17(12-29(19)21)22(23,24)25/h2,4,6-8,10,12,16H,3,5,9,11,13H2,1H3. The maximum atomic E-state index is 13.1. The van der Waals surface area contributed by atoms with Crippen LogP contribution in [0.1, 0.15) is 47.4 Å². The lowest BCUT2D eigenvalue weighted by atomic mass is 9.97. The molecule has 0 saturated carbocycles. The predicted molar refractivity (Wildman–Crippen MR) is 108 cm³/mol. The van der Waals surface area contributed by atoms with Crippen molar-refractivity contribution in [3.05, 3.63) is 59.5 Å². The summed E-state index contributed by atoms with van der Waals surface area (Å²) in [7, 11) is 0. The number of nitrogens with zero attached hydrogens (tertiary/aromatic N) is 4. The highest BCUT2D eigenvalue weighted by Crippen LogP contribution is 2.31. The van der Waals surface area contributed by atoms with E-state index in [9.17, 15) is 22.8 Å². The van der Waals surface area contributed by atoms with Gasteiger partial charge in [-0.05, 0) is 44.0 Å². The second-order valence-electron chi connectivity index (χ2n) is 7.75. The van der Waals surface area contributed by atoms with Gasteiger partial charge in [0.2, 0.25) is 0 Å². The van der Waals surface area contributed by atoms with Crippen molar-refractivity contribution in [2.45, 2.75) is 31.9 Å². The summed E-state index contributed by atoms with van der Waals surface area (Å²) >= 11 is 0. The van der Waals surface area contributed by atoms with E-state index in [1.54, 1.807) is 29.2 Å². The smallest absolute Gasteiger partial charge is 0.417 e. The van der Waals surface area contributed by atoms with E-state index in [4.69, 9.17) is 4.74 Å². The van der Waals surface area contributed by atoms with Crippen molar-refractivity contribution in [3.63, 3.8) is 0 Å². The number of ketones is 1. The van der Waals surface area contributed by atoms with Gasteiger partial charge < -0.3 is 9.64 Å². The Morgan fingerprint density at radius 3 is 2.75 bits per heavy atom. The molecule has 3 heterocycles. The maximum Gasteiger partial charge on any atom is 0.417 e. The Hall–Kier alpha value is -3.43. The number of hydrogen-bond acceptors (Lipinski definition) is 5. The number of fused-ring (bicyclic) bond motifs is 1. The molecule has 3 aromatic rings. The number of amides is 1. The third kappa shape index (κ3) is 4.58. The molecule has 1 aliphatic heterocycles. The van der Waals surface area contributed by atoms with E-state index in [0.717, 1.165) is 12.3 Å². The number of aromatic nitrogens is 3. The van der Waals surface area contributed by atoms with E-state index in [-0.39, 0.29) is 24.2 Å². The molecule has 1 aromatic carbocycles. The number of likely N-dealkylation sites (tertiary alicyclic amines) is 1. The molecule has 168 valence electrons. The highest BCUT2D eigenvalue weighted by molar-refractivity contribution is 5.94. The van der Waals surface area contributed by atoms with Crippen LogP contribution in [0.15, 0.2) is 42.6 Å². The zero-order valence-corrected chi connectivity index (χ0v) is 17.3. The van der Waals surface area contributed by atoms with Gasteiger partial charge in [-0.3, -0.25) is 14.0 Å². The predicted octanol–water partition coefficient (Wildman–Crippen LogP) is 3.74. The number of carbonyl (C=O) groups is 2. The fourth-order valence-electron chi connectivity index (χ4n) is 3.81. The number of carbonyl (C=O) groups excluding carboxylic acids is 2. The van der Waals surface area contributed by atoms with Crippen LogP contribution in [0.2, 0.25) is 0 Å². The fourth-order valence-corrected chi connectivity index (χ4v) is 3.81. The van der Waals surface area contributed by atoms with Gasteiger partial charge in [0.05, 0.1) is 5.56 Å². The second kappa shape index (κ2) is 8.60. The zero-order valence-electron chi connectivity index (χ0n) is 17.3. The number of Topliss-reactive ketones (excluding diaryl/α,β-unsaturated/α-hetero) is 1. The molecular weight excluding hydrogens is 425 g/mol. The van der Waals surface area contributed by atoms with Crippen molar-refractivity contribution in [1.29, 1.82) is 0 Å². The molecule has 7 nitrogen and oxygen atoms in total. The topological polar surface area (TPSA) is 76.8 Å². The number of piperidine rings is 1. The van der Waals surface area contributed by atoms with E-state index in [2.05, 4.69) is 10.2 Å². The third-order valence-electron chi connectivity index (χ3n) is 5.50. The minimum Gasteiger partial charge on any atom is -0.484 e. The molecular formula is C22H21F3N4O3. The highest BCUT2D eigenvalue weighted by atomic mass is 19.4. The van der Waals surface area contributed by atoms with Crippen LogP contribution in [-0.2, 0) is 11.0 Å². The van der Waals surface area contributed by atoms with Crippen LogP contribution in [-0.4, -0.2) is 50.9 Å². The van der Waals surface area contributed by atoms with Gasteiger partial charge in [0.15, 0.2) is 18.0 Å². The average Bonchev–Trinajstić information content (AvgIpc) is 3.20. The molecule has 32 heavy (non-hydrogen) atoms. The molecule has 1 aliphatic rings. The summed E-state index contributed by atoms with van der Waals surface area (Å²) in [5.41, 5.74) is 0.0333. The molecule has 1 unspecified atom stereocenters. The Kier molecular flexibility index (Phi) is 5.86. The summed E-state index contributed by atoms with van der Waals surface area (Å²) in [6.07, 6.45) is -2.11. The van der Waals surface area contributed by atoms with Gasteiger partial charge in [0.1, 0.15) is 11.6 Å². The van der Waals surface area contributed by atoms with Crippen LogP contribution in [0.4, 0.5) is 13.2 Å². The Morgan fingerprint density at radius 1 is 1.19 bits per heavy atom. The number of pyridine rings is 1. The van der Waals surface area contributed by atoms with Gasteiger partial charge >= 0.3 is 6.18 Å². The van der Waals surface area contributed by atoms with Crippen molar-refractivity contribution in [2.75, 3.05) is 19.7 Å². The van der Waals surface area contributed by atoms with Crippen LogP contribution in [0.25, 0.3) is 5.65 Å². The molecule has 10 heteroatoms. The Morgan fingerprint density at radius 2 is 2.00 bits per heavy atom. The fraction of sp³-hybridized carbons (Fsp3) is 0.364. The van der Waals surface area contributed by atoms with E-state index in [0.29, 0.717) is 48.7 Å². The monoisotopic (exact) mass is 446 g/mol. The van der Waals surface area contributed by atoms with Gasteiger partial charge in [-0.1, -0.05) is 12.1 Å². The van der Waals surface area contributed by atoms with Crippen molar-refractivity contribution >= 4 is 17.3 Å². The summed E-state index contributed by atoms with van der Waals surface area (Å²) < 4.78 is 46.3. The first kappa shape index (κ1) is 21.8. The number of rotatable bonds is 5. The van der Waals surface area contributed by atoms with E-state index in [1.807, 2.05) is 0 Å². The van der Waals surface area contributed by atoms with Gasteiger partial charge in [-0.2, -0.15) is 13.2 Å². The first-order valence-electron chi connectivity index (χ1n) is 10.2. The molecule has 2 aromatic heterocycles. The minimum absolute atomic E-state index is 0.102. The Balaban J connectivity index is 1.46. The normalized spacial score (nSPS) is 16.9. The minimum atomic E-state index is -4.47. The van der Waals surface area contributed by atoms with E-state index < -0.39 is 11.7 Å². The van der Waals surface area contributed by atoms with Crippen LogP contribution >= 0.6 is 0 Å². The first-order valence-corrected chi connectivity index (χ1v) is 10.2. The van der Waals surface area contributed by atoms with Crippen molar-refractivity contribution in [3.8, 4) is 5.75 Å². The van der Waals surface area contributed by atoms with Crippen LogP contribution in [0, 0.1) is 0 Å². The largest absolute Gasteiger partial charge is 0.484 e. The number of ether oxygens (including phenoxy) is 1. The van der Waals surface area contributed by atoms with E-state index in [1.165, 1.54) is 17.4 Å². The van der Waals surface area contributed by atoms with Crippen LogP contribution in [0.3, 0.4) is 0 Å². The maximum absolute atomic E-state index is 13.1. The van der Waals surface area contributed by atoms with Gasteiger partial charge in [-0.25, -0.2) is 0 Å². The van der Waals surface area contributed by atoms with Crippen molar-refractivity contribution in [2.24, 2.45) is 0 Å². The molecule has 0 aliphatic carbocycles. The lowest BCUT2D eigenvalue weighted by molar-refractivity contribution is -0.138. The third-order valence-corrected chi connectivity index (χ3v) is 5.50. The second-order valence-corrected chi connectivity index (χ2v) is 7.75. The summed E-state index contributed by atoms with van der Waals surface area (Å²) in [6.45, 7) is 2.08. The number of hydrogen-bond donors (Lipinski definition) is 0. The van der Waals surface area contributed by atoms with Gasteiger partial charge in [-0.15, -0.1) is 10.2 Å². The van der Waals surface area contributed by atoms with E-state index >= 15 is 0 Å². The van der Waals surface area contributed by atoms with Crippen molar-refractivity contribution < 1.29 is 27.5 Å². The molecule has 4 rings (SSSR count). The Labute approximate surface area is 181 Å². The molecule has 0 bridgehead atoms. The molecule has 0 radical (unpaired) electrons. The number of halogens is 3. The summed E-state index contributed by atoms with van der Waals surface area (Å²) in [4.78, 5) is 25.8. The number of alkyl halides is 3. The lowest BCUT2D eigenvalue weighted by Crippen LogP contribution is -2.42. The van der Waals surface area contributed by atoms with Crippen LogP contribution < -0.4 is 4.74 Å². The SMILES string of the molecule is CC(=O)c1cccc(OCC(=O)N2CCCC(c3nnc4ccc(C(F)(F)F)cn34)C2)c1. The summed E-state index contributed by atoms with van der Waals surface area (Å²) in [6, 6.07) is 8.85. The summed E-state index contributed by atoms with van der Waals surface area (Å²) in [5.74, 6) is 0.233. The molecule has 0 spiro atoms. The first-order chi connectivity index (χ1) is 15.2. The quantitative estimate of drug-likeness (QED) is 0.558.